The van der Waals surface area contributed by atoms with E-state index in [0.29, 0.717) is 16.8 Å². The Morgan fingerprint density at radius 1 is 1.28 bits per heavy atom. The fraction of sp³-hybridized carbons (Fsp3) is 0.348. The first-order valence-electron chi connectivity index (χ1n) is 10.5. The van der Waals surface area contributed by atoms with Gasteiger partial charge in [-0.25, -0.2) is 13.4 Å². The fourth-order valence-electron chi connectivity index (χ4n) is 3.95. The number of aromatic nitrogens is 1. The van der Waals surface area contributed by atoms with Gasteiger partial charge < -0.3 is 4.74 Å². The Morgan fingerprint density at radius 3 is 2.81 bits per heavy atom. The van der Waals surface area contributed by atoms with Gasteiger partial charge >= 0.3 is 0 Å². The van der Waals surface area contributed by atoms with Crippen LogP contribution in [0.15, 0.2) is 58.9 Å². The van der Waals surface area contributed by atoms with Crippen molar-refractivity contribution in [2.45, 2.75) is 37.8 Å². The van der Waals surface area contributed by atoms with Crippen molar-refractivity contribution >= 4 is 38.1 Å². The van der Waals surface area contributed by atoms with E-state index in [4.69, 9.17) is 16.3 Å². The van der Waals surface area contributed by atoms with E-state index < -0.39 is 10.0 Å². The summed E-state index contributed by atoms with van der Waals surface area (Å²) in [5.41, 5.74) is 2.60. The summed E-state index contributed by atoms with van der Waals surface area (Å²) in [5, 5.41) is 2.30. The highest BCUT2D eigenvalue weighted by Crippen LogP contribution is 2.32. The summed E-state index contributed by atoms with van der Waals surface area (Å²) in [6.07, 6.45) is 2.45. The van der Waals surface area contributed by atoms with Crippen molar-refractivity contribution in [3.05, 3.63) is 70.2 Å². The molecule has 0 saturated carbocycles. The Hall–Kier alpha value is -2.13. The maximum absolute atomic E-state index is 12.6. The summed E-state index contributed by atoms with van der Waals surface area (Å²) in [6.45, 7) is 7.09. The van der Waals surface area contributed by atoms with Gasteiger partial charge in [-0.1, -0.05) is 48.4 Å². The van der Waals surface area contributed by atoms with Gasteiger partial charge in [0.15, 0.2) is 5.13 Å². The van der Waals surface area contributed by atoms with E-state index >= 15 is 0 Å². The SMILES string of the molecule is Cc1cccc(CN2CCC(Oc3ccc(S(=O)(=O)Nc4nccs4)cc3Cl)[C@H](C)C2)c1. The molecule has 1 aliphatic rings. The lowest BCUT2D eigenvalue weighted by molar-refractivity contribution is 0.0490. The van der Waals surface area contributed by atoms with Crippen molar-refractivity contribution < 1.29 is 13.2 Å². The second kappa shape index (κ2) is 9.79. The van der Waals surface area contributed by atoms with E-state index in [-0.39, 0.29) is 16.0 Å². The molecule has 0 bridgehead atoms. The molecule has 1 N–H and O–H groups in total. The number of sulfonamides is 1. The highest BCUT2D eigenvalue weighted by atomic mass is 35.5. The Labute approximate surface area is 198 Å². The van der Waals surface area contributed by atoms with E-state index in [2.05, 4.69) is 52.7 Å². The molecule has 32 heavy (non-hydrogen) atoms. The van der Waals surface area contributed by atoms with Crippen LogP contribution < -0.4 is 9.46 Å². The highest BCUT2D eigenvalue weighted by Gasteiger charge is 2.28. The number of nitrogens with one attached hydrogen (secondary N) is 1. The molecule has 4 rings (SSSR count). The van der Waals surface area contributed by atoms with Crippen LogP contribution >= 0.6 is 22.9 Å². The number of anilines is 1. The number of rotatable bonds is 7. The number of ether oxygens (including phenoxy) is 1. The van der Waals surface area contributed by atoms with Gasteiger partial charge in [0.1, 0.15) is 11.9 Å². The molecule has 2 heterocycles. The lowest BCUT2D eigenvalue weighted by Crippen LogP contribution is -2.44. The van der Waals surface area contributed by atoms with E-state index in [1.807, 2.05) is 0 Å². The standard InChI is InChI=1S/C23H26ClN3O3S2/c1-16-4-3-5-18(12-16)15-27-10-8-21(17(2)14-27)30-22-7-6-19(13-20(22)24)32(28,29)26-23-25-9-11-31-23/h3-7,9,11-13,17,21H,8,10,14-15H2,1-2H3,(H,25,26)/t17-,21?/m1/s1. The zero-order valence-corrected chi connectivity index (χ0v) is 20.4. The Morgan fingerprint density at radius 2 is 2.12 bits per heavy atom. The predicted octanol–water partition coefficient (Wildman–Crippen LogP) is 5.20. The largest absolute Gasteiger partial charge is 0.488 e. The molecule has 1 aromatic heterocycles. The van der Waals surface area contributed by atoms with Crippen molar-refractivity contribution in [3.8, 4) is 5.75 Å². The van der Waals surface area contributed by atoms with E-state index in [1.165, 1.54) is 34.6 Å². The molecule has 0 amide bonds. The second-order valence-corrected chi connectivity index (χ2v) is 11.2. The minimum Gasteiger partial charge on any atom is -0.488 e. The monoisotopic (exact) mass is 491 g/mol. The number of nitrogens with zero attached hydrogens (tertiary/aromatic N) is 2. The molecule has 9 heteroatoms. The number of piperidine rings is 1. The fourth-order valence-corrected chi connectivity index (χ4v) is 6.06. The third-order valence-electron chi connectivity index (χ3n) is 5.55. The van der Waals surface area contributed by atoms with Crippen LogP contribution in [0.5, 0.6) is 5.75 Å². The smallest absolute Gasteiger partial charge is 0.263 e. The molecule has 1 aliphatic heterocycles. The predicted molar refractivity (Wildman–Crippen MR) is 129 cm³/mol. The van der Waals surface area contributed by atoms with Gasteiger partial charge in [-0.3, -0.25) is 9.62 Å². The molecule has 6 nitrogen and oxygen atoms in total. The van der Waals surface area contributed by atoms with Crippen LogP contribution in [-0.2, 0) is 16.6 Å². The van der Waals surface area contributed by atoms with Crippen molar-refractivity contribution in [2.75, 3.05) is 17.8 Å². The summed E-state index contributed by atoms with van der Waals surface area (Å²) in [5.74, 6) is 0.823. The molecule has 1 fully saturated rings. The van der Waals surface area contributed by atoms with Gasteiger partial charge in [-0.15, -0.1) is 11.3 Å². The molecule has 0 radical (unpaired) electrons. The number of hydrogen-bond donors (Lipinski definition) is 1. The maximum atomic E-state index is 12.6. The third kappa shape index (κ3) is 5.61. The lowest BCUT2D eigenvalue weighted by Gasteiger charge is -2.37. The molecular formula is C23H26ClN3O3S2. The molecule has 1 saturated heterocycles. The van der Waals surface area contributed by atoms with Crippen LogP contribution in [0, 0.1) is 12.8 Å². The first-order chi connectivity index (χ1) is 15.3. The van der Waals surface area contributed by atoms with Crippen LogP contribution in [0.2, 0.25) is 5.02 Å². The molecule has 1 unspecified atom stereocenters. The van der Waals surface area contributed by atoms with Crippen LogP contribution in [0.3, 0.4) is 0 Å². The van der Waals surface area contributed by atoms with Crippen molar-refractivity contribution in [1.82, 2.24) is 9.88 Å². The van der Waals surface area contributed by atoms with Crippen molar-refractivity contribution in [1.29, 1.82) is 0 Å². The molecule has 2 atom stereocenters. The zero-order valence-electron chi connectivity index (χ0n) is 18.0. The second-order valence-electron chi connectivity index (χ2n) is 8.18. The average Bonchev–Trinajstić information content (AvgIpc) is 3.23. The van der Waals surface area contributed by atoms with Gasteiger partial charge in [0.25, 0.3) is 10.0 Å². The number of hydrogen-bond acceptors (Lipinski definition) is 6. The topological polar surface area (TPSA) is 71.5 Å². The Kier molecular flexibility index (Phi) is 7.05. The number of likely N-dealkylation sites (tertiary alicyclic amines) is 1. The van der Waals surface area contributed by atoms with Crippen molar-refractivity contribution in [3.63, 3.8) is 0 Å². The number of halogens is 1. The summed E-state index contributed by atoms with van der Waals surface area (Å²) in [4.78, 5) is 6.48. The number of aryl methyl sites for hydroxylation is 1. The maximum Gasteiger partial charge on any atom is 0.263 e. The first-order valence-corrected chi connectivity index (χ1v) is 13.2. The minimum atomic E-state index is -3.76. The van der Waals surface area contributed by atoms with Gasteiger partial charge in [-0.2, -0.15) is 0 Å². The zero-order chi connectivity index (χ0) is 22.7. The van der Waals surface area contributed by atoms with E-state index in [1.54, 1.807) is 17.6 Å². The number of thiazole rings is 1. The lowest BCUT2D eigenvalue weighted by atomic mass is 9.96. The van der Waals surface area contributed by atoms with Crippen LogP contribution in [0.4, 0.5) is 5.13 Å². The highest BCUT2D eigenvalue weighted by molar-refractivity contribution is 7.93. The molecule has 170 valence electrons. The average molecular weight is 492 g/mol. The molecule has 0 aliphatic carbocycles. The molecular weight excluding hydrogens is 466 g/mol. The van der Waals surface area contributed by atoms with Crippen molar-refractivity contribution in [2.24, 2.45) is 5.92 Å². The summed E-state index contributed by atoms with van der Waals surface area (Å²) in [6, 6.07) is 13.2. The van der Waals surface area contributed by atoms with Crippen LogP contribution in [0.25, 0.3) is 0 Å². The molecule has 3 aromatic rings. The third-order valence-corrected chi connectivity index (χ3v) is 8.00. The van der Waals surface area contributed by atoms with Gasteiger partial charge in [-0.05, 0) is 37.1 Å². The van der Waals surface area contributed by atoms with Crippen LogP contribution in [0.1, 0.15) is 24.5 Å². The summed E-state index contributed by atoms with van der Waals surface area (Å²) < 4.78 is 33.8. The first kappa shape index (κ1) is 23.0. The molecule has 0 spiro atoms. The van der Waals surface area contributed by atoms with Gasteiger partial charge in [0, 0.05) is 37.1 Å². The Balaban J connectivity index is 1.38. The Bertz CT molecular complexity index is 1170. The van der Waals surface area contributed by atoms with Gasteiger partial charge in [0.2, 0.25) is 0 Å². The number of benzene rings is 2. The minimum absolute atomic E-state index is 0.0251. The van der Waals surface area contributed by atoms with E-state index in [0.717, 1.165) is 26.1 Å². The van der Waals surface area contributed by atoms with Gasteiger partial charge in [0.05, 0.1) is 9.92 Å². The summed E-state index contributed by atoms with van der Waals surface area (Å²) in [7, 11) is -3.76. The normalized spacial score (nSPS) is 19.6. The quantitative estimate of drug-likeness (QED) is 0.492. The molecule has 2 aromatic carbocycles. The van der Waals surface area contributed by atoms with E-state index in [9.17, 15) is 8.42 Å². The summed E-state index contributed by atoms with van der Waals surface area (Å²) >= 11 is 7.61. The van der Waals surface area contributed by atoms with Crippen LogP contribution in [-0.4, -0.2) is 37.5 Å².